The summed E-state index contributed by atoms with van der Waals surface area (Å²) in [6.45, 7) is 19.7. The van der Waals surface area contributed by atoms with Crippen molar-refractivity contribution in [3.8, 4) is 0 Å². The molecule has 6 N–H and O–H groups in total. The monoisotopic (exact) mass is 852 g/mol. The fourth-order valence-electron chi connectivity index (χ4n) is 8.23. The fourth-order valence-corrected chi connectivity index (χ4v) is 8.23. The highest BCUT2D eigenvalue weighted by Gasteiger charge is 2.47. The Bertz CT molecular complexity index is 1670. The molecular formula is C46H73N7O8. The summed E-state index contributed by atoms with van der Waals surface area (Å²) in [5, 5.41) is 22.0. The zero-order valence-electron chi connectivity index (χ0n) is 37.7. The number of nitrogens with one attached hydrogen (secondary N) is 5. The van der Waals surface area contributed by atoms with Crippen LogP contribution in [0.1, 0.15) is 131 Å². The van der Waals surface area contributed by atoms with Crippen LogP contribution in [0.5, 0.6) is 0 Å². The standard InChI is InChI=1S/C38H64N6O6.C8H9NO2/c1-9-11-16-26(30(46)33(48)39-21-10-2)40-32(47)27-17-15-22-44(27)34(49)31(38(8)18-13-12-14-19-38)42-35(50)41-28(36(3,4)5)25-43-23-20-37(6,7)24-29(43)45;10-8(11)9-6-7-4-2-1-3-5-7/h10,26-28,31H,2,9,11-25H2,1,3-8H3,(H,39,48)(H,40,47)(H2,41,42,50);1-5,9H,6H2,(H,10,11). The van der Waals surface area contributed by atoms with Gasteiger partial charge in [0.1, 0.15) is 12.1 Å². The molecule has 1 aromatic carbocycles. The highest BCUT2D eigenvalue weighted by Crippen LogP contribution is 2.40. The van der Waals surface area contributed by atoms with Crippen LogP contribution in [-0.4, -0.2) is 107 Å². The number of ketones is 1. The Hall–Kier alpha value is -4.95. The lowest BCUT2D eigenvalue weighted by Gasteiger charge is -2.43. The Kier molecular flexibility index (Phi) is 19.3. The van der Waals surface area contributed by atoms with Crippen LogP contribution in [-0.2, 0) is 30.5 Å². The summed E-state index contributed by atoms with van der Waals surface area (Å²) >= 11 is 0. The van der Waals surface area contributed by atoms with Gasteiger partial charge in [0, 0.05) is 39.1 Å². The zero-order chi connectivity index (χ0) is 45.4. The van der Waals surface area contributed by atoms with Crippen molar-refractivity contribution in [2.24, 2.45) is 16.2 Å². The van der Waals surface area contributed by atoms with Crippen LogP contribution in [0.2, 0.25) is 0 Å². The second kappa shape index (κ2) is 23.3. The number of likely N-dealkylation sites (tertiary alicyclic amines) is 2. The molecule has 3 fully saturated rings. The van der Waals surface area contributed by atoms with Crippen LogP contribution < -0.4 is 26.6 Å². The Morgan fingerprint density at radius 3 is 2.18 bits per heavy atom. The lowest BCUT2D eigenvalue weighted by Crippen LogP contribution is -2.63. The van der Waals surface area contributed by atoms with Gasteiger partial charge in [0.05, 0.1) is 12.1 Å². The molecule has 1 aromatic rings. The van der Waals surface area contributed by atoms with E-state index in [4.69, 9.17) is 5.11 Å². The Balaban J connectivity index is 0.000000779. The highest BCUT2D eigenvalue weighted by molar-refractivity contribution is 6.38. The van der Waals surface area contributed by atoms with Crippen LogP contribution >= 0.6 is 0 Å². The number of Topliss-reactive ketones (excluding diaryl/α,β-unsaturated/α-hetero) is 1. The molecule has 3 aliphatic rings. The molecule has 15 nitrogen and oxygen atoms in total. The van der Waals surface area contributed by atoms with Gasteiger partial charge in [0.15, 0.2) is 0 Å². The first-order chi connectivity index (χ1) is 28.7. The van der Waals surface area contributed by atoms with Crippen molar-refractivity contribution < 1.29 is 38.7 Å². The maximum Gasteiger partial charge on any atom is 0.404 e. The van der Waals surface area contributed by atoms with Crippen LogP contribution in [0, 0.1) is 16.2 Å². The van der Waals surface area contributed by atoms with Crippen molar-refractivity contribution in [2.75, 3.05) is 26.2 Å². The van der Waals surface area contributed by atoms with Gasteiger partial charge in [-0.15, -0.1) is 6.58 Å². The molecule has 4 atom stereocenters. The molecule has 2 aliphatic heterocycles. The van der Waals surface area contributed by atoms with Crippen molar-refractivity contribution in [1.29, 1.82) is 0 Å². The molecule has 340 valence electrons. The number of rotatable bonds is 17. The number of carboxylic acid groups (broad SMARTS) is 1. The average molecular weight is 852 g/mol. The Labute approximate surface area is 363 Å². The number of urea groups is 1. The highest BCUT2D eigenvalue weighted by atomic mass is 16.4. The summed E-state index contributed by atoms with van der Waals surface area (Å²) in [5.41, 5.74) is 0.0281. The van der Waals surface area contributed by atoms with Gasteiger partial charge in [0.2, 0.25) is 23.5 Å². The number of carbonyl (C=O) groups is 7. The van der Waals surface area contributed by atoms with Crippen LogP contribution in [0.4, 0.5) is 9.59 Å². The van der Waals surface area contributed by atoms with Gasteiger partial charge >= 0.3 is 12.1 Å². The molecule has 4 unspecified atom stereocenters. The molecular weight excluding hydrogens is 779 g/mol. The van der Waals surface area contributed by atoms with E-state index in [9.17, 15) is 33.6 Å². The van der Waals surface area contributed by atoms with Gasteiger partial charge in [0.25, 0.3) is 5.91 Å². The summed E-state index contributed by atoms with van der Waals surface area (Å²) in [6, 6.07) is 5.83. The van der Waals surface area contributed by atoms with Crippen molar-refractivity contribution in [2.45, 2.75) is 156 Å². The zero-order valence-corrected chi connectivity index (χ0v) is 37.7. The smallest absolute Gasteiger partial charge is 0.404 e. The molecule has 2 heterocycles. The van der Waals surface area contributed by atoms with Crippen LogP contribution in [0.15, 0.2) is 43.0 Å². The first kappa shape index (κ1) is 50.4. The predicted molar refractivity (Wildman–Crippen MR) is 235 cm³/mol. The molecule has 2 saturated heterocycles. The number of carbonyl (C=O) groups excluding carboxylic acids is 6. The van der Waals surface area contributed by atoms with Gasteiger partial charge < -0.3 is 41.5 Å². The lowest BCUT2D eigenvalue weighted by atomic mass is 9.70. The van der Waals surface area contributed by atoms with Gasteiger partial charge in [-0.25, -0.2) is 9.59 Å². The SMILES string of the molecule is C=CCNC(=O)C(=O)C(CCCC)NC(=O)C1CCCN1C(=O)C(NC(=O)NC(CN1CCC(C)(C)CC1=O)C(C)(C)C)C1(C)CCCCC1.O=C(O)NCc1ccccc1. The van der Waals surface area contributed by atoms with Gasteiger partial charge in [-0.1, -0.05) is 117 Å². The third kappa shape index (κ3) is 15.8. The summed E-state index contributed by atoms with van der Waals surface area (Å²) in [7, 11) is 0. The number of nitrogens with zero attached hydrogens (tertiary/aromatic N) is 2. The molecule has 1 saturated carbocycles. The molecule has 0 spiro atoms. The van der Waals surface area contributed by atoms with Crippen LogP contribution in [0.25, 0.3) is 0 Å². The molecule has 4 rings (SSSR count). The number of benzene rings is 1. The molecule has 0 radical (unpaired) electrons. The van der Waals surface area contributed by atoms with Crippen molar-refractivity contribution in [3.05, 3.63) is 48.6 Å². The van der Waals surface area contributed by atoms with E-state index < -0.39 is 53.3 Å². The minimum atomic E-state index is -1.01. The molecule has 15 heteroatoms. The first-order valence-corrected chi connectivity index (χ1v) is 22.1. The van der Waals surface area contributed by atoms with E-state index in [1.165, 1.54) is 6.08 Å². The minimum Gasteiger partial charge on any atom is -0.465 e. The molecule has 61 heavy (non-hydrogen) atoms. The van der Waals surface area contributed by atoms with Crippen molar-refractivity contribution >= 4 is 41.5 Å². The summed E-state index contributed by atoms with van der Waals surface area (Å²) < 4.78 is 0. The number of hydrogen-bond acceptors (Lipinski definition) is 7. The Morgan fingerprint density at radius 1 is 0.918 bits per heavy atom. The maximum atomic E-state index is 14.5. The van der Waals surface area contributed by atoms with E-state index in [0.717, 1.165) is 50.5 Å². The number of unbranched alkanes of at least 4 members (excludes halogenated alkanes) is 1. The average Bonchev–Trinajstić information content (AvgIpc) is 3.71. The van der Waals surface area contributed by atoms with Crippen molar-refractivity contribution in [3.63, 3.8) is 0 Å². The predicted octanol–water partition coefficient (Wildman–Crippen LogP) is 5.68. The molecule has 0 bridgehead atoms. The van der Waals surface area contributed by atoms with E-state index in [-0.39, 0.29) is 35.2 Å². The van der Waals surface area contributed by atoms with E-state index in [1.807, 2.05) is 69.9 Å². The van der Waals surface area contributed by atoms with Crippen molar-refractivity contribution in [1.82, 2.24) is 36.4 Å². The second-order valence-electron chi connectivity index (χ2n) is 19.0. The number of hydrogen-bond donors (Lipinski definition) is 6. The van der Waals surface area contributed by atoms with E-state index in [1.54, 1.807) is 4.90 Å². The first-order valence-electron chi connectivity index (χ1n) is 22.1. The molecule has 7 amide bonds. The van der Waals surface area contributed by atoms with E-state index >= 15 is 0 Å². The fraction of sp³-hybridized carbons (Fsp3) is 0.674. The number of piperidine rings is 1. The van der Waals surface area contributed by atoms with Gasteiger partial charge in [-0.05, 0) is 60.3 Å². The van der Waals surface area contributed by atoms with Gasteiger partial charge in [-0.3, -0.25) is 24.0 Å². The Morgan fingerprint density at radius 2 is 1.59 bits per heavy atom. The lowest BCUT2D eigenvalue weighted by molar-refractivity contribution is -0.144. The molecule has 0 aromatic heterocycles. The topological polar surface area (TPSA) is 206 Å². The molecule has 1 aliphatic carbocycles. The van der Waals surface area contributed by atoms with E-state index in [0.29, 0.717) is 58.3 Å². The summed E-state index contributed by atoms with van der Waals surface area (Å²) in [4.78, 5) is 94.1. The van der Waals surface area contributed by atoms with Gasteiger partial charge in [-0.2, -0.15) is 0 Å². The normalized spacial score (nSPS) is 19.8. The largest absolute Gasteiger partial charge is 0.465 e. The van der Waals surface area contributed by atoms with Crippen LogP contribution in [0.3, 0.4) is 0 Å². The maximum absolute atomic E-state index is 14.5. The van der Waals surface area contributed by atoms with E-state index in [2.05, 4.69) is 47.0 Å². The second-order valence-corrected chi connectivity index (χ2v) is 19.0. The number of amides is 7. The summed E-state index contributed by atoms with van der Waals surface area (Å²) in [5.74, 6) is -2.22. The quantitative estimate of drug-likeness (QED) is 0.0848. The third-order valence-electron chi connectivity index (χ3n) is 12.2. The summed E-state index contributed by atoms with van der Waals surface area (Å²) in [6.07, 6.45) is 8.99. The third-order valence-corrected chi connectivity index (χ3v) is 12.2. The minimum absolute atomic E-state index is 0.0467.